The molecule has 1 heterocycles. The van der Waals surface area contributed by atoms with Crippen molar-refractivity contribution in [2.45, 2.75) is 71.2 Å². The van der Waals surface area contributed by atoms with Crippen molar-refractivity contribution in [2.24, 2.45) is 0 Å². The van der Waals surface area contributed by atoms with Crippen molar-refractivity contribution in [1.82, 2.24) is 10.6 Å². The van der Waals surface area contributed by atoms with Crippen LogP contribution in [0, 0.1) is 0 Å². The summed E-state index contributed by atoms with van der Waals surface area (Å²) in [5.74, 6) is -0.00188. The molecule has 0 bridgehead atoms. The summed E-state index contributed by atoms with van der Waals surface area (Å²) in [5, 5.41) is 6.31. The molecule has 0 saturated carbocycles. The smallest absolute Gasteiger partial charge is 0.249 e. The van der Waals surface area contributed by atoms with Gasteiger partial charge in [0.2, 0.25) is 5.91 Å². The van der Waals surface area contributed by atoms with Crippen molar-refractivity contribution < 1.29 is 9.53 Å². The zero-order chi connectivity index (χ0) is 12.8. The molecule has 0 aromatic heterocycles. The molecule has 1 saturated heterocycles. The third-order valence-electron chi connectivity index (χ3n) is 3.38. The molecular formula is C13H26N2O2. The number of carbonyl (C=O) groups excluding carboxylic acids is 1. The van der Waals surface area contributed by atoms with E-state index in [0.29, 0.717) is 6.04 Å². The van der Waals surface area contributed by atoms with Crippen LogP contribution in [0.4, 0.5) is 0 Å². The van der Waals surface area contributed by atoms with E-state index in [-0.39, 0.29) is 24.2 Å². The molecule has 1 rings (SSSR count). The molecule has 4 nitrogen and oxygen atoms in total. The number of hydrogen-bond donors (Lipinski definition) is 2. The van der Waals surface area contributed by atoms with E-state index in [1.807, 2.05) is 13.8 Å². The Balaban J connectivity index is 2.28. The van der Waals surface area contributed by atoms with Crippen LogP contribution in [0.1, 0.15) is 47.0 Å². The van der Waals surface area contributed by atoms with Crippen LogP contribution in [-0.2, 0) is 9.53 Å². The lowest BCUT2D eigenvalue weighted by Crippen LogP contribution is -2.46. The second kappa shape index (κ2) is 6.97. The summed E-state index contributed by atoms with van der Waals surface area (Å²) in [5.41, 5.74) is 0. The predicted octanol–water partition coefficient (Wildman–Crippen LogP) is 1.45. The Morgan fingerprint density at radius 1 is 1.47 bits per heavy atom. The molecule has 1 aliphatic heterocycles. The van der Waals surface area contributed by atoms with Crippen LogP contribution in [0.25, 0.3) is 0 Å². The van der Waals surface area contributed by atoms with Crippen LogP contribution >= 0.6 is 0 Å². The zero-order valence-electron chi connectivity index (χ0n) is 11.5. The van der Waals surface area contributed by atoms with Gasteiger partial charge in [-0.15, -0.1) is 0 Å². The number of hydrogen-bond acceptors (Lipinski definition) is 3. The minimum Gasteiger partial charge on any atom is -0.364 e. The fourth-order valence-electron chi connectivity index (χ4n) is 1.90. The Morgan fingerprint density at radius 3 is 2.71 bits per heavy atom. The average Bonchev–Trinajstić information content (AvgIpc) is 2.31. The van der Waals surface area contributed by atoms with E-state index < -0.39 is 0 Å². The lowest BCUT2D eigenvalue weighted by Gasteiger charge is -2.29. The minimum absolute atomic E-state index is 0.00188. The molecule has 0 spiro atoms. The predicted molar refractivity (Wildman–Crippen MR) is 68.9 cm³/mol. The summed E-state index contributed by atoms with van der Waals surface area (Å²) in [7, 11) is 0. The molecule has 2 N–H and O–H groups in total. The third kappa shape index (κ3) is 5.04. The highest BCUT2D eigenvalue weighted by Gasteiger charge is 2.23. The monoisotopic (exact) mass is 242 g/mol. The van der Waals surface area contributed by atoms with Gasteiger partial charge >= 0.3 is 0 Å². The first kappa shape index (κ1) is 14.5. The van der Waals surface area contributed by atoms with Gasteiger partial charge in [-0.3, -0.25) is 4.79 Å². The van der Waals surface area contributed by atoms with Crippen molar-refractivity contribution in [3.63, 3.8) is 0 Å². The van der Waals surface area contributed by atoms with Crippen LogP contribution in [0.2, 0.25) is 0 Å². The summed E-state index contributed by atoms with van der Waals surface area (Å²) in [6.07, 6.45) is 2.91. The molecule has 4 heteroatoms. The van der Waals surface area contributed by atoms with Crippen LogP contribution in [0.3, 0.4) is 0 Å². The number of ether oxygens (including phenoxy) is 1. The molecule has 4 atom stereocenters. The topological polar surface area (TPSA) is 50.4 Å². The summed E-state index contributed by atoms with van der Waals surface area (Å²) in [6.45, 7) is 8.92. The maximum absolute atomic E-state index is 11.8. The highest BCUT2D eigenvalue weighted by atomic mass is 16.5. The molecule has 0 aromatic carbocycles. The molecule has 17 heavy (non-hydrogen) atoms. The van der Waals surface area contributed by atoms with E-state index in [9.17, 15) is 4.79 Å². The normalized spacial score (nSPS) is 28.5. The number of rotatable bonds is 5. The van der Waals surface area contributed by atoms with Crippen molar-refractivity contribution >= 4 is 5.91 Å². The van der Waals surface area contributed by atoms with E-state index in [0.717, 1.165) is 25.8 Å². The van der Waals surface area contributed by atoms with E-state index in [1.165, 1.54) is 0 Å². The van der Waals surface area contributed by atoms with Crippen LogP contribution in [0.5, 0.6) is 0 Å². The molecule has 1 aliphatic rings. The van der Waals surface area contributed by atoms with E-state index in [2.05, 4.69) is 24.5 Å². The van der Waals surface area contributed by atoms with E-state index in [1.54, 1.807) is 0 Å². The number of carbonyl (C=O) groups is 1. The highest BCUT2D eigenvalue weighted by molar-refractivity contribution is 5.80. The molecule has 0 aromatic rings. The molecule has 0 radical (unpaired) electrons. The minimum atomic E-state index is -0.357. The maximum Gasteiger partial charge on any atom is 0.249 e. The Labute approximate surface area is 104 Å². The lowest BCUT2D eigenvalue weighted by atomic mass is 10.0. The lowest BCUT2D eigenvalue weighted by molar-refractivity contribution is -0.136. The van der Waals surface area contributed by atoms with Gasteiger partial charge in [0.05, 0.1) is 6.10 Å². The molecular weight excluding hydrogens is 216 g/mol. The second-order valence-electron chi connectivity index (χ2n) is 5.10. The van der Waals surface area contributed by atoms with Crippen molar-refractivity contribution in [2.75, 3.05) is 6.54 Å². The summed E-state index contributed by atoms with van der Waals surface area (Å²) in [6, 6.07) is 0.789. The van der Waals surface area contributed by atoms with Crippen LogP contribution < -0.4 is 10.6 Å². The third-order valence-corrected chi connectivity index (χ3v) is 3.38. The average molecular weight is 242 g/mol. The van der Waals surface area contributed by atoms with Crippen LogP contribution in [0.15, 0.2) is 0 Å². The Bertz CT molecular complexity index is 238. The Kier molecular flexibility index (Phi) is 5.92. The first-order valence-corrected chi connectivity index (χ1v) is 6.72. The Morgan fingerprint density at radius 2 is 2.18 bits per heavy atom. The maximum atomic E-state index is 11.8. The van der Waals surface area contributed by atoms with Gasteiger partial charge in [-0.05, 0) is 40.0 Å². The molecule has 1 fully saturated rings. The van der Waals surface area contributed by atoms with Gasteiger partial charge in [-0.2, -0.15) is 0 Å². The summed E-state index contributed by atoms with van der Waals surface area (Å²) < 4.78 is 5.77. The molecule has 100 valence electrons. The number of amides is 1. The van der Waals surface area contributed by atoms with Gasteiger partial charge < -0.3 is 15.4 Å². The van der Waals surface area contributed by atoms with Crippen molar-refractivity contribution in [1.29, 1.82) is 0 Å². The Hall–Kier alpha value is -0.610. The fourth-order valence-corrected chi connectivity index (χ4v) is 1.90. The summed E-state index contributed by atoms with van der Waals surface area (Å²) >= 11 is 0. The molecule has 0 aliphatic carbocycles. The second-order valence-corrected chi connectivity index (χ2v) is 5.10. The number of nitrogens with one attached hydrogen (secondary N) is 2. The van der Waals surface area contributed by atoms with Gasteiger partial charge in [0.1, 0.15) is 6.10 Å². The molecule has 4 unspecified atom stereocenters. The highest BCUT2D eigenvalue weighted by Crippen LogP contribution is 2.12. The van der Waals surface area contributed by atoms with Gasteiger partial charge in [0.25, 0.3) is 0 Å². The van der Waals surface area contributed by atoms with E-state index >= 15 is 0 Å². The van der Waals surface area contributed by atoms with E-state index in [4.69, 9.17) is 4.74 Å². The van der Waals surface area contributed by atoms with Crippen molar-refractivity contribution in [3.8, 4) is 0 Å². The van der Waals surface area contributed by atoms with Crippen LogP contribution in [-0.4, -0.2) is 36.7 Å². The van der Waals surface area contributed by atoms with Gasteiger partial charge in [0, 0.05) is 18.6 Å². The summed E-state index contributed by atoms with van der Waals surface area (Å²) in [4.78, 5) is 11.8. The van der Waals surface area contributed by atoms with Gasteiger partial charge in [-0.1, -0.05) is 6.92 Å². The first-order valence-electron chi connectivity index (χ1n) is 6.72. The van der Waals surface area contributed by atoms with Gasteiger partial charge in [-0.25, -0.2) is 0 Å². The number of piperidine rings is 1. The van der Waals surface area contributed by atoms with Gasteiger partial charge in [0.15, 0.2) is 0 Å². The quantitative estimate of drug-likeness (QED) is 0.767. The first-order chi connectivity index (χ1) is 8.02. The molecule has 1 amide bonds. The standard InChI is InChI=1S/C13H26N2O2/c1-5-9(2)15-13(16)11(4)17-12-7-6-10(3)14-8-12/h9-12,14H,5-8H2,1-4H3,(H,15,16). The van der Waals surface area contributed by atoms with Crippen molar-refractivity contribution in [3.05, 3.63) is 0 Å². The fraction of sp³-hybridized carbons (Fsp3) is 0.923. The largest absolute Gasteiger partial charge is 0.364 e. The SMILES string of the molecule is CCC(C)NC(=O)C(C)OC1CCC(C)NC1. The zero-order valence-corrected chi connectivity index (χ0v) is 11.5.